The van der Waals surface area contributed by atoms with Crippen molar-refractivity contribution in [1.82, 2.24) is 9.47 Å². The molecule has 1 fully saturated rings. The Labute approximate surface area is 197 Å². The molecule has 0 bridgehead atoms. The van der Waals surface area contributed by atoms with E-state index < -0.39 is 0 Å². The molecule has 0 atom stereocenters. The molecule has 0 unspecified atom stereocenters. The number of para-hydroxylation sites is 1. The molecule has 5 heteroatoms. The van der Waals surface area contributed by atoms with E-state index in [1.807, 2.05) is 66.7 Å². The number of nitrogens with zero attached hydrogens (tertiary/aromatic N) is 2. The van der Waals surface area contributed by atoms with Crippen LogP contribution < -0.4 is 0 Å². The molecule has 5 rings (SSSR count). The number of benzene rings is 3. The van der Waals surface area contributed by atoms with Crippen LogP contribution >= 0.6 is 11.8 Å². The highest BCUT2D eigenvalue weighted by molar-refractivity contribution is 8.18. The van der Waals surface area contributed by atoms with Gasteiger partial charge >= 0.3 is 0 Å². The highest BCUT2D eigenvalue weighted by atomic mass is 32.2. The molecule has 1 aliphatic rings. The molecule has 2 amide bonds. The number of hydrogen-bond acceptors (Lipinski definition) is 3. The quantitative estimate of drug-likeness (QED) is 0.324. The van der Waals surface area contributed by atoms with Crippen LogP contribution in [0.2, 0.25) is 0 Å². The van der Waals surface area contributed by atoms with E-state index in [1.165, 1.54) is 10.5 Å². The van der Waals surface area contributed by atoms with Gasteiger partial charge in [0.15, 0.2) is 0 Å². The minimum Gasteiger partial charge on any atom is -0.340 e. The fourth-order valence-electron chi connectivity index (χ4n) is 4.32. The third-order valence-electron chi connectivity index (χ3n) is 6.08. The van der Waals surface area contributed by atoms with Crippen molar-refractivity contribution in [3.8, 4) is 0 Å². The summed E-state index contributed by atoms with van der Waals surface area (Å²) in [6.45, 7) is 3.22. The van der Waals surface area contributed by atoms with Crippen molar-refractivity contribution in [2.45, 2.75) is 19.9 Å². The lowest BCUT2D eigenvalue weighted by atomic mass is 10.1. The summed E-state index contributed by atoms with van der Waals surface area (Å²) >= 11 is 1.03. The lowest BCUT2D eigenvalue weighted by molar-refractivity contribution is -0.122. The molecule has 33 heavy (non-hydrogen) atoms. The van der Waals surface area contributed by atoms with Crippen LogP contribution in [-0.4, -0.2) is 27.2 Å². The monoisotopic (exact) mass is 452 g/mol. The second-order valence-electron chi connectivity index (χ2n) is 8.16. The largest absolute Gasteiger partial charge is 0.340 e. The summed E-state index contributed by atoms with van der Waals surface area (Å²) in [4.78, 5) is 27.6. The van der Waals surface area contributed by atoms with Gasteiger partial charge < -0.3 is 4.57 Å². The van der Waals surface area contributed by atoms with Gasteiger partial charge in [-0.05, 0) is 48.4 Å². The molecular weight excluding hydrogens is 428 g/mol. The van der Waals surface area contributed by atoms with Crippen molar-refractivity contribution in [3.63, 3.8) is 0 Å². The summed E-state index contributed by atoms with van der Waals surface area (Å²) in [5.41, 5.74) is 5.52. The van der Waals surface area contributed by atoms with Crippen molar-refractivity contribution in [3.05, 3.63) is 112 Å². The van der Waals surface area contributed by atoms with Gasteiger partial charge in [-0.3, -0.25) is 14.5 Å². The average molecular weight is 453 g/mol. The first-order valence-electron chi connectivity index (χ1n) is 11.0. The van der Waals surface area contributed by atoms with E-state index in [2.05, 4.69) is 35.8 Å². The lowest BCUT2D eigenvalue weighted by Gasteiger charge is -2.12. The Hall–Kier alpha value is -3.57. The van der Waals surface area contributed by atoms with Crippen LogP contribution in [0.3, 0.4) is 0 Å². The topological polar surface area (TPSA) is 42.3 Å². The standard InChI is InChI=1S/C28H24N2O2S/c1-20-24(23-14-8-9-15-25(23)30(20)19-22-12-6-3-7-13-22)18-26-27(31)29(28(32)33-26)17-16-21-10-4-2-5-11-21/h2-15,18H,16-17,19H2,1H3/b26-18-. The Kier molecular flexibility index (Phi) is 5.88. The third-order valence-corrected chi connectivity index (χ3v) is 6.99. The zero-order valence-electron chi connectivity index (χ0n) is 18.4. The maximum Gasteiger partial charge on any atom is 0.293 e. The van der Waals surface area contributed by atoms with Crippen LogP contribution in [0.15, 0.2) is 89.8 Å². The van der Waals surface area contributed by atoms with Crippen LogP contribution in [0.25, 0.3) is 17.0 Å². The SMILES string of the molecule is Cc1c(/C=C2\SC(=O)N(CCc3ccccc3)C2=O)c2ccccc2n1Cc1ccccc1. The minimum atomic E-state index is -0.208. The predicted octanol–water partition coefficient (Wildman–Crippen LogP) is 6.28. The molecule has 1 aliphatic heterocycles. The van der Waals surface area contributed by atoms with Gasteiger partial charge in [0.05, 0.1) is 4.91 Å². The number of imide groups is 1. The van der Waals surface area contributed by atoms with E-state index in [-0.39, 0.29) is 11.1 Å². The lowest BCUT2D eigenvalue weighted by Crippen LogP contribution is -2.30. The smallest absolute Gasteiger partial charge is 0.293 e. The van der Waals surface area contributed by atoms with Crippen molar-refractivity contribution in [2.75, 3.05) is 6.54 Å². The van der Waals surface area contributed by atoms with Crippen molar-refractivity contribution in [2.24, 2.45) is 0 Å². The van der Waals surface area contributed by atoms with Gasteiger partial charge in [-0.15, -0.1) is 0 Å². The van der Waals surface area contributed by atoms with E-state index in [4.69, 9.17) is 0 Å². The molecule has 0 aliphatic carbocycles. The summed E-state index contributed by atoms with van der Waals surface area (Å²) in [6, 6.07) is 28.5. The molecule has 0 radical (unpaired) electrons. The van der Waals surface area contributed by atoms with Gasteiger partial charge in [-0.2, -0.15) is 0 Å². The van der Waals surface area contributed by atoms with Gasteiger partial charge in [0.2, 0.25) is 0 Å². The van der Waals surface area contributed by atoms with E-state index >= 15 is 0 Å². The first-order valence-corrected chi connectivity index (χ1v) is 11.8. The van der Waals surface area contributed by atoms with Gasteiger partial charge in [-0.1, -0.05) is 78.9 Å². The van der Waals surface area contributed by atoms with E-state index in [1.54, 1.807) is 0 Å². The van der Waals surface area contributed by atoms with Crippen molar-refractivity contribution >= 4 is 39.9 Å². The molecule has 3 aromatic carbocycles. The summed E-state index contributed by atoms with van der Waals surface area (Å²) in [6.07, 6.45) is 2.55. The van der Waals surface area contributed by atoms with Gasteiger partial charge in [0.25, 0.3) is 11.1 Å². The number of amides is 2. The fourth-order valence-corrected chi connectivity index (χ4v) is 5.17. The van der Waals surface area contributed by atoms with Gasteiger partial charge in [0, 0.05) is 35.2 Å². The number of hydrogen-bond donors (Lipinski definition) is 0. The summed E-state index contributed by atoms with van der Waals surface area (Å²) < 4.78 is 2.27. The van der Waals surface area contributed by atoms with Crippen molar-refractivity contribution in [1.29, 1.82) is 0 Å². The molecule has 4 nitrogen and oxygen atoms in total. The fraction of sp³-hybridized carbons (Fsp3) is 0.143. The predicted molar refractivity (Wildman–Crippen MR) is 135 cm³/mol. The second kappa shape index (κ2) is 9.12. The van der Waals surface area contributed by atoms with Crippen LogP contribution in [-0.2, 0) is 17.8 Å². The minimum absolute atomic E-state index is 0.201. The molecule has 0 spiro atoms. The number of carbonyl (C=O) groups excluding carboxylic acids is 2. The molecule has 2 heterocycles. The summed E-state index contributed by atoms with van der Waals surface area (Å²) in [5.74, 6) is -0.208. The zero-order valence-corrected chi connectivity index (χ0v) is 19.2. The molecule has 1 aromatic heterocycles. The van der Waals surface area contributed by atoms with Gasteiger partial charge in [-0.25, -0.2) is 0 Å². The first-order chi connectivity index (χ1) is 16.1. The Morgan fingerprint density at radius 1 is 0.818 bits per heavy atom. The highest BCUT2D eigenvalue weighted by Gasteiger charge is 2.35. The Bertz CT molecular complexity index is 1360. The van der Waals surface area contributed by atoms with Crippen LogP contribution in [0, 0.1) is 6.92 Å². The van der Waals surface area contributed by atoms with E-state index in [0.717, 1.165) is 46.0 Å². The third kappa shape index (κ3) is 4.24. The normalized spacial score (nSPS) is 15.2. The number of rotatable bonds is 6. The molecule has 0 N–H and O–H groups in total. The molecule has 164 valence electrons. The van der Waals surface area contributed by atoms with E-state index in [0.29, 0.717) is 17.9 Å². The Morgan fingerprint density at radius 3 is 2.18 bits per heavy atom. The van der Waals surface area contributed by atoms with Crippen LogP contribution in [0.4, 0.5) is 4.79 Å². The number of aromatic nitrogens is 1. The summed E-state index contributed by atoms with van der Waals surface area (Å²) in [5, 5.41) is 0.884. The maximum absolute atomic E-state index is 13.1. The summed E-state index contributed by atoms with van der Waals surface area (Å²) in [7, 11) is 0. The first kappa shape index (κ1) is 21.3. The Morgan fingerprint density at radius 2 is 1.45 bits per heavy atom. The van der Waals surface area contributed by atoms with Crippen LogP contribution in [0.1, 0.15) is 22.4 Å². The highest BCUT2D eigenvalue weighted by Crippen LogP contribution is 2.36. The zero-order chi connectivity index (χ0) is 22.8. The number of carbonyl (C=O) groups is 2. The van der Waals surface area contributed by atoms with Gasteiger partial charge in [0.1, 0.15) is 0 Å². The number of fused-ring (bicyclic) bond motifs is 1. The molecular formula is C28H24N2O2S. The van der Waals surface area contributed by atoms with E-state index in [9.17, 15) is 9.59 Å². The van der Waals surface area contributed by atoms with Crippen LogP contribution in [0.5, 0.6) is 0 Å². The molecule has 4 aromatic rings. The van der Waals surface area contributed by atoms with Crippen molar-refractivity contribution < 1.29 is 9.59 Å². The Balaban J connectivity index is 1.46. The molecule has 0 saturated carbocycles. The molecule has 1 saturated heterocycles. The average Bonchev–Trinajstić information content (AvgIpc) is 3.26. The number of thioether (sulfide) groups is 1. The second-order valence-corrected chi connectivity index (χ2v) is 9.15. The maximum atomic E-state index is 13.1.